The van der Waals surface area contributed by atoms with Gasteiger partial charge in [0, 0.05) is 12.2 Å². The first-order chi connectivity index (χ1) is 8.28. The topological polar surface area (TPSA) is 85.1 Å². The van der Waals surface area contributed by atoms with Gasteiger partial charge < -0.3 is 5.73 Å². The van der Waals surface area contributed by atoms with Gasteiger partial charge in [-0.15, -0.1) is 0 Å². The predicted molar refractivity (Wildman–Crippen MR) is 70.4 cm³/mol. The number of aromatic nitrogens is 1. The summed E-state index contributed by atoms with van der Waals surface area (Å²) < 4.78 is 27.0. The van der Waals surface area contributed by atoms with Crippen molar-refractivity contribution >= 4 is 15.8 Å². The molecule has 1 heterocycles. The number of nitrogens with zero attached hydrogens (tertiary/aromatic N) is 1. The number of nitrogen functional groups attached to an aromatic ring is 1. The number of rotatable bonds is 3. The van der Waals surface area contributed by atoms with E-state index in [-0.39, 0.29) is 16.4 Å². The molecule has 5 nitrogen and oxygen atoms in total. The average Bonchev–Trinajstić information content (AvgIpc) is 2.57. The van der Waals surface area contributed by atoms with Crippen molar-refractivity contribution in [1.29, 1.82) is 0 Å². The Labute approximate surface area is 108 Å². The van der Waals surface area contributed by atoms with Crippen LogP contribution in [0, 0.1) is 5.41 Å². The minimum Gasteiger partial charge on any atom is -0.384 e. The summed E-state index contributed by atoms with van der Waals surface area (Å²) >= 11 is 0. The van der Waals surface area contributed by atoms with Gasteiger partial charge >= 0.3 is 0 Å². The van der Waals surface area contributed by atoms with E-state index in [4.69, 9.17) is 5.73 Å². The van der Waals surface area contributed by atoms with Crippen LogP contribution in [-0.2, 0) is 10.0 Å². The number of anilines is 1. The molecule has 100 valence electrons. The number of nitrogens with one attached hydrogen (secondary N) is 1. The molecule has 1 aliphatic rings. The van der Waals surface area contributed by atoms with Gasteiger partial charge in [-0.1, -0.05) is 13.8 Å². The van der Waals surface area contributed by atoms with Crippen molar-refractivity contribution in [2.45, 2.75) is 44.0 Å². The van der Waals surface area contributed by atoms with E-state index >= 15 is 0 Å². The summed E-state index contributed by atoms with van der Waals surface area (Å²) in [6.07, 6.45) is 4.08. The second-order valence-corrected chi connectivity index (χ2v) is 7.36. The van der Waals surface area contributed by atoms with Crippen LogP contribution in [0.1, 0.15) is 33.1 Å². The third-order valence-electron chi connectivity index (χ3n) is 3.36. The molecular formula is C12H19N3O2S. The molecule has 1 unspecified atom stereocenters. The SMILES string of the molecule is CC1(C)CCC(NS(=O)(=O)c2ccc(N)nc2)C1. The van der Waals surface area contributed by atoms with Crippen LogP contribution in [0.2, 0.25) is 0 Å². The smallest absolute Gasteiger partial charge is 0.242 e. The van der Waals surface area contributed by atoms with Gasteiger partial charge in [0.2, 0.25) is 10.0 Å². The molecule has 2 rings (SSSR count). The lowest BCUT2D eigenvalue weighted by Crippen LogP contribution is -2.33. The molecule has 0 bridgehead atoms. The van der Waals surface area contributed by atoms with E-state index in [0.717, 1.165) is 19.3 Å². The predicted octanol–water partition coefficient (Wildman–Crippen LogP) is 1.52. The highest BCUT2D eigenvalue weighted by molar-refractivity contribution is 7.89. The third-order valence-corrected chi connectivity index (χ3v) is 4.87. The molecule has 3 N–H and O–H groups in total. The summed E-state index contributed by atoms with van der Waals surface area (Å²) in [5.41, 5.74) is 5.66. The Kier molecular flexibility index (Phi) is 3.33. The molecule has 1 aliphatic carbocycles. The summed E-state index contributed by atoms with van der Waals surface area (Å²) in [6.45, 7) is 4.32. The van der Waals surface area contributed by atoms with E-state index in [1.54, 1.807) is 0 Å². The van der Waals surface area contributed by atoms with Crippen molar-refractivity contribution < 1.29 is 8.42 Å². The number of nitrogens with two attached hydrogens (primary N) is 1. The van der Waals surface area contributed by atoms with Crippen molar-refractivity contribution in [3.05, 3.63) is 18.3 Å². The van der Waals surface area contributed by atoms with Crippen LogP contribution >= 0.6 is 0 Å². The lowest BCUT2D eigenvalue weighted by atomic mass is 9.92. The molecule has 1 atom stereocenters. The van der Waals surface area contributed by atoms with Gasteiger partial charge in [0.1, 0.15) is 10.7 Å². The Bertz CT molecular complexity index is 523. The van der Waals surface area contributed by atoms with Crippen LogP contribution in [0.5, 0.6) is 0 Å². The van der Waals surface area contributed by atoms with Gasteiger partial charge in [-0.3, -0.25) is 0 Å². The molecule has 18 heavy (non-hydrogen) atoms. The van der Waals surface area contributed by atoms with Crippen LogP contribution in [0.4, 0.5) is 5.82 Å². The van der Waals surface area contributed by atoms with E-state index in [2.05, 4.69) is 23.6 Å². The summed E-state index contributed by atoms with van der Waals surface area (Å²) in [7, 11) is -3.48. The van der Waals surface area contributed by atoms with Gasteiger partial charge in [-0.2, -0.15) is 0 Å². The van der Waals surface area contributed by atoms with E-state index in [1.807, 2.05) is 0 Å². The van der Waals surface area contributed by atoms with Crippen LogP contribution in [0.15, 0.2) is 23.2 Å². The van der Waals surface area contributed by atoms with Crippen LogP contribution < -0.4 is 10.5 Å². The first-order valence-corrected chi connectivity index (χ1v) is 7.51. The van der Waals surface area contributed by atoms with Crippen molar-refractivity contribution in [3.63, 3.8) is 0 Å². The third kappa shape index (κ3) is 3.00. The molecule has 0 aliphatic heterocycles. The number of hydrogen-bond acceptors (Lipinski definition) is 4. The lowest BCUT2D eigenvalue weighted by Gasteiger charge is -2.17. The molecule has 0 amide bonds. The largest absolute Gasteiger partial charge is 0.384 e. The molecule has 1 aromatic rings. The Morgan fingerprint density at radius 3 is 2.67 bits per heavy atom. The fourth-order valence-corrected chi connectivity index (χ4v) is 3.59. The van der Waals surface area contributed by atoms with Gasteiger partial charge in [0.05, 0.1) is 0 Å². The molecule has 1 aromatic heterocycles. The standard InChI is InChI=1S/C12H19N3O2S/c1-12(2)6-5-9(7-12)15-18(16,17)10-3-4-11(13)14-8-10/h3-4,8-9,15H,5-7H2,1-2H3,(H2,13,14). The zero-order valence-electron chi connectivity index (χ0n) is 10.7. The van der Waals surface area contributed by atoms with Crippen molar-refractivity contribution in [1.82, 2.24) is 9.71 Å². The quantitative estimate of drug-likeness (QED) is 0.871. The molecule has 1 fully saturated rings. The summed E-state index contributed by atoms with van der Waals surface area (Å²) in [5.74, 6) is 0.316. The van der Waals surface area contributed by atoms with Gasteiger partial charge in [-0.25, -0.2) is 18.1 Å². The van der Waals surface area contributed by atoms with Gasteiger partial charge in [0.25, 0.3) is 0 Å². The van der Waals surface area contributed by atoms with Gasteiger partial charge in [-0.05, 0) is 36.8 Å². The highest BCUT2D eigenvalue weighted by Gasteiger charge is 2.33. The van der Waals surface area contributed by atoms with E-state index in [9.17, 15) is 8.42 Å². The maximum absolute atomic E-state index is 12.1. The molecule has 1 saturated carbocycles. The number of hydrogen-bond donors (Lipinski definition) is 2. The van der Waals surface area contributed by atoms with Crippen LogP contribution in [-0.4, -0.2) is 19.4 Å². The zero-order valence-corrected chi connectivity index (χ0v) is 11.5. The van der Waals surface area contributed by atoms with E-state index in [1.165, 1.54) is 18.3 Å². The highest BCUT2D eigenvalue weighted by atomic mass is 32.2. The first kappa shape index (κ1) is 13.3. The molecular weight excluding hydrogens is 250 g/mol. The maximum atomic E-state index is 12.1. The van der Waals surface area contributed by atoms with Crippen molar-refractivity contribution in [3.8, 4) is 0 Å². The Morgan fingerprint density at radius 2 is 2.17 bits per heavy atom. The molecule has 0 saturated heterocycles. The molecule has 0 radical (unpaired) electrons. The maximum Gasteiger partial charge on any atom is 0.242 e. The molecule has 6 heteroatoms. The zero-order chi connectivity index (χ0) is 13.4. The van der Waals surface area contributed by atoms with Crippen LogP contribution in [0.25, 0.3) is 0 Å². The average molecular weight is 269 g/mol. The highest BCUT2D eigenvalue weighted by Crippen LogP contribution is 2.37. The van der Waals surface area contributed by atoms with Gasteiger partial charge in [0.15, 0.2) is 0 Å². The molecule has 0 aromatic carbocycles. The lowest BCUT2D eigenvalue weighted by molar-refractivity contribution is 0.372. The first-order valence-electron chi connectivity index (χ1n) is 6.02. The van der Waals surface area contributed by atoms with E-state index in [0.29, 0.717) is 5.82 Å². The van der Waals surface area contributed by atoms with Crippen molar-refractivity contribution in [2.75, 3.05) is 5.73 Å². The normalized spacial score (nSPS) is 23.1. The fourth-order valence-electron chi connectivity index (χ4n) is 2.37. The number of sulfonamides is 1. The second-order valence-electron chi connectivity index (χ2n) is 5.64. The Morgan fingerprint density at radius 1 is 1.44 bits per heavy atom. The fraction of sp³-hybridized carbons (Fsp3) is 0.583. The minimum absolute atomic E-state index is 0.0163. The van der Waals surface area contributed by atoms with E-state index < -0.39 is 10.0 Å². The Hall–Kier alpha value is -1.14. The Balaban J connectivity index is 2.11. The summed E-state index contributed by atoms with van der Waals surface area (Å²) in [4.78, 5) is 3.98. The minimum atomic E-state index is -3.48. The van der Waals surface area contributed by atoms with Crippen LogP contribution in [0.3, 0.4) is 0 Å². The monoisotopic (exact) mass is 269 g/mol. The summed E-state index contributed by atoms with van der Waals surface area (Å²) in [6, 6.07) is 2.99. The van der Waals surface area contributed by atoms with Crippen molar-refractivity contribution in [2.24, 2.45) is 5.41 Å². The number of pyridine rings is 1. The summed E-state index contributed by atoms with van der Waals surface area (Å²) in [5, 5.41) is 0. The molecule has 0 spiro atoms. The second kappa shape index (κ2) is 4.51.